The van der Waals surface area contributed by atoms with E-state index in [9.17, 15) is 9.59 Å². The van der Waals surface area contributed by atoms with Gasteiger partial charge in [-0.15, -0.1) is 0 Å². The standard InChI is InChI=1S/C14H26N2O4/c1-9(5-6-12(17)18)8-15-13(19)16-10-7-11(20-4)14(10,2)3/h9-11H,5-8H2,1-4H3,(H,17,18)(H2,15,16,19). The molecule has 3 N–H and O–H groups in total. The van der Waals surface area contributed by atoms with Crippen molar-refractivity contribution < 1.29 is 19.4 Å². The summed E-state index contributed by atoms with van der Waals surface area (Å²) in [5.74, 6) is -0.652. The predicted molar refractivity (Wildman–Crippen MR) is 75.6 cm³/mol. The minimum atomic E-state index is -0.803. The molecule has 1 fully saturated rings. The second-order valence-corrected chi connectivity index (χ2v) is 6.23. The molecule has 2 amide bonds. The van der Waals surface area contributed by atoms with E-state index in [1.165, 1.54) is 0 Å². The summed E-state index contributed by atoms with van der Waals surface area (Å²) in [4.78, 5) is 22.2. The molecule has 20 heavy (non-hydrogen) atoms. The summed E-state index contributed by atoms with van der Waals surface area (Å²) in [5.41, 5.74) is -0.0546. The van der Waals surface area contributed by atoms with Gasteiger partial charge in [-0.1, -0.05) is 20.8 Å². The van der Waals surface area contributed by atoms with Gasteiger partial charge in [0.15, 0.2) is 0 Å². The highest BCUT2D eigenvalue weighted by Gasteiger charge is 2.49. The summed E-state index contributed by atoms with van der Waals surface area (Å²) in [6.07, 6.45) is 1.71. The normalized spacial score (nSPS) is 25.4. The van der Waals surface area contributed by atoms with Crippen LogP contribution in [-0.4, -0.2) is 42.9 Å². The first-order valence-corrected chi connectivity index (χ1v) is 7.06. The van der Waals surface area contributed by atoms with Crippen molar-refractivity contribution in [2.45, 2.75) is 52.2 Å². The van der Waals surface area contributed by atoms with Gasteiger partial charge < -0.3 is 20.5 Å². The van der Waals surface area contributed by atoms with Crippen molar-refractivity contribution in [1.29, 1.82) is 0 Å². The van der Waals surface area contributed by atoms with Crippen LogP contribution in [0.2, 0.25) is 0 Å². The lowest BCUT2D eigenvalue weighted by Crippen LogP contribution is -2.63. The Balaban J connectivity index is 2.23. The maximum absolute atomic E-state index is 11.8. The van der Waals surface area contributed by atoms with E-state index in [2.05, 4.69) is 24.5 Å². The van der Waals surface area contributed by atoms with Gasteiger partial charge in [0.2, 0.25) is 0 Å². The number of rotatable bonds is 7. The molecule has 6 heteroatoms. The van der Waals surface area contributed by atoms with Gasteiger partial charge in [0.05, 0.1) is 6.10 Å². The quantitative estimate of drug-likeness (QED) is 0.663. The lowest BCUT2D eigenvalue weighted by Gasteiger charge is -2.51. The zero-order valence-electron chi connectivity index (χ0n) is 12.7. The molecule has 1 rings (SSSR count). The number of hydrogen-bond donors (Lipinski definition) is 3. The lowest BCUT2D eigenvalue weighted by molar-refractivity contribution is -0.137. The molecule has 0 aromatic carbocycles. The Labute approximate surface area is 120 Å². The van der Waals surface area contributed by atoms with E-state index in [1.807, 2.05) is 6.92 Å². The number of carbonyl (C=O) groups excluding carboxylic acids is 1. The van der Waals surface area contributed by atoms with Crippen molar-refractivity contribution in [1.82, 2.24) is 10.6 Å². The van der Waals surface area contributed by atoms with Crippen LogP contribution in [0, 0.1) is 11.3 Å². The van der Waals surface area contributed by atoms with Crippen molar-refractivity contribution in [2.24, 2.45) is 11.3 Å². The lowest BCUT2D eigenvalue weighted by atomic mass is 9.64. The van der Waals surface area contributed by atoms with Crippen LogP contribution >= 0.6 is 0 Å². The van der Waals surface area contributed by atoms with Crippen molar-refractivity contribution in [3.63, 3.8) is 0 Å². The number of carboxylic acids is 1. The second kappa shape index (κ2) is 6.92. The van der Waals surface area contributed by atoms with Crippen LogP contribution in [0.4, 0.5) is 4.79 Å². The van der Waals surface area contributed by atoms with Crippen LogP contribution in [0.3, 0.4) is 0 Å². The van der Waals surface area contributed by atoms with Crippen LogP contribution < -0.4 is 10.6 Å². The third kappa shape index (κ3) is 4.37. The van der Waals surface area contributed by atoms with Crippen molar-refractivity contribution >= 4 is 12.0 Å². The monoisotopic (exact) mass is 286 g/mol. The Morgan fingerprint density at radius 2 is 2.10 bits per heavy atom. The number of nitrogens with one attached hydrogen (secondary N) is 2. The molecule has 1 aliphatic carbocycles. The van der Waals surface area contributed by atoms with Crippen molar-refractivity contribution in [3.8, 4) is 0 Å². The first kappa shape index (κ1) is 16.8. The van der Waals surface area contributed by atoms with E-state index < -0.39 is 5.97 Å². The molecule has 0 aromatic rings. The molecule has 116 valence electrons. The van der Waals surface area contributed by atoms with Crippen LogP contribution in [0.15, 0.2) is 0 Å². The SMILES string of the molecule is COC1CC(NC(=O)NCC(C)CCC(=O)O)C1(C)C. The molecular formula is C14H26N2O4. The molecule has 3 atom stereocenters. The van der Waals surface area contributed by atoms with E-state index in [0.29, 0.717) is 13.0 Å². The first-order valence-electron chi connectivity index (χ1n) is 7.06. The third-order valence-electron chi connectivity index (χ3n) is 4.23. The first-order chi connectivity index (χ1) is 9.27. The van der Waals surface area contributed by atoms with Crippen LogP contribution in [-0.2, 0) is 9.53 Å². The van der Waals surface area contributed by atoms with E-state index in [4.69, 9.17) is 9.84 Å². The average molecular weight is 286 g/mol. The van der Waals surface area contributed by atoms with Crippen LogP contribution in [0.5, 0.6) is 0 Å². The zero-order valence-corrected chi connectivity index (χ0v) is 12.7. The topological polar surface area (TPSA) is 87.7 Å². The fraction of sp³-hybridized carbons (Fsp3) is 0.857. The van der Waals surface area contributed by atoms with E-state index >= 15 is 0 Å². The number of ether oxygens (including phenoxy) is 1. The minimum absolute atomic E-state index is 0.0546. The second-order valence-electron chi connectivity index (χ2n) is 6.23. The molecule has 0 bridgehead atoms. The highest BCUT2D eigenvalue weighted by Crippen LogP contribution is 2.42. The van der Waals surface area contributed by atoms with Gasteiger partial charge in [-0.05, 0) is 18.8 Å². The Kier molecular flexibility index (Phi) is 5.80. The van der Waals surface area contributed by atoms with Gasteiger partial charge in [0, 0.05) is 31.5 Å². The molecule has 1 saturated carbocycles. The number of carboxylic acid groups (broad SMARTS) is 1. The number of aliphatic carboxylic acids is 1. The smallest absolute Gasteiger partial charge is 0.315 e. The number of hydrogen-bond acceptors (Lipinski definition) is 3. The average Bonchev–Trinajstić information content (AvgIpc) is 2.38. The fourth-order valence-electron chi connectivity index (χ4n) is 2.48. The predicted octanol–water partition coefficient (Wildman–Crippen LogP) is 1.60. The zero-order chi connectivity index (χ0) is 15.3. The molecule has 3 unspecified atom stereocenters. The van der Waals surface area contributed by atoms with Gasteiger partial charge in [-0.3, -0.25) is 4.79 Å². The molecule has 0 saturated heterocycles. The number of methoxy groups -OCH3 is 1. The molecule has 0 aliphatic heterocycles. The Morgan fingerprint density at radius 3 is 2.60 bits per heavy atom. The van der Waals surface area contributed by atoms with Crippen LogP contribution in [0.1, 0.15) is 40.0 Å². The Hall–Kier alpha value is -1.30. The summed E-state index contributed by atoms with van der Waals surface area (Å²) in [5, 5.41) is 14.3. The van der Waals surface area contributed by atoms with Gasteiger partial charge >= 0.3 is 12.0 Å². The van der Waals surface area contributed by atoms with Gasteiger partial charge in [-0.2, -0.15) is 0 Å². The van der Waals surface area contributed by atoms with Gasteiger partial charge in [-0.25, -0.2) is 4.79 Å². The highest BCUT2D eigenvalue weighted by molar-refractivity contribution is 5.74. The summed E-state index contributed by atoms with van der Waals surface area (Å²) in [6.45, 7) is 6.56. The Morgan fingerprint density at radius 1 is 1.45 bits per heavy atom. The molecule has 6 nitrogen and oxygen atoms in total. The van der Waals surface area contributed by atoms with E-state index in [-0.39, 0.29) is 35.9 Å². The Bertz CT molecular complexity index is 357. The molecule has 1 aliphatic rings. The number of amides is 2. The summed E-state index contributed by atoms with van der Waals surface area (Å²) < 4.78 is 5.34. The molecule has 0 heterocycles. The third-order valence-corrected chi connectivity index (χ3v) is 4.23. The van der Waals surface area contributed by atoms with E-state index in [1.54, 1.807) is 7.11 Å². The van der Waals surface area contributed by atoms with Crippen molar-refractivity contribution in [3.05, 3.63) is 0 Å². The summed E-state index contributed by atoms with van der Waals surface area (Å²) in [6, 6.07) is -0.0819. The van der Waals surface area contributed by atoms with Crippen LogP contribution in [0.25, 0.3) is 0 Å². The summed E-state index contributed by atoms with van der Waals surface area (Å²) >= 11 is 0. The number of urea groups is 1. The molecule has 0 spiro atoms. The van der Waals surface area contributed by atoms with Gasteiger partial charge in [0.25, 0.3) is 0 Å². The summed E-state index contributed by atoms with van der Waals surface area (Å²) in [7, 11) is 1.69. The largest absolute Gasteiger partial charge is 0.481 e. The fourth-order valence-corrected chi connectivity index (χ4v) is 2.48. The number of carbonyl (C=O) groups is 2. The maximum Gasteiger partial charge on any atom is 0.315 e. The van der Waals surface area contributed by atoms with Gasteiger partial charge in [0.1, 0.15) is 0 Å². The highest BCUT2D eigenvalue weighted by atomic mass is 16.5. The molecule has 0 radical (unpaired) electrons. The molecular weight excluding hydrogens is 260 g/mol. The molecule has 0 aromatic heterocycles. The maximum atomic E-state index is 11.8. The van der Waals surface area contributed by atoms with Crippen molar-refractivity contribution in [2.75, 3.05) is 13.7 Å². The minimum Gasteiger partial charge on any atom is -0.481 e. The van der Waals surface area contributed by atoms with E-state index in [0.717, 1.165) is 6.42 Å².